The minimum atomic E-state index is -0.735. The Morgan fingerprint density at radius 1 is 1.32 bits per heavy atom. The topological polar surface area (TPSA) is 112 Å². The van der Waals surface area contributed by atoms with E-state index in [1.54, 1.807) is 0 Å². The first-order chi connectivity index (χ1) is 12.0. The number of rotatable bonds is 6. The molecule has 3 rings (SSSR count). The maximum absolute atomic E-state index is 10.6. The number of piperidine rings is 1. The second-order valence-corrected chi connectivity index (χ2v) is 6.82. The maximum Gasteiger partial charge on any atom is 0.303 e. The molecule has 7 nitrogen and oxygen atoms in total. The molecule has 2 aliphatic heterocycles. The Labute approximate surface area is 147 Å². The van der Waals surface area contributed by atoms with Crippen LogP contribution in [0.3, 0.4) is 0 Å². The molecule has 0 unspecified atom stereocenters. The lowest BCUT2D eigenvalue weighted by Gasteiger charge is -2.37. The summed E-state index contributed by atoms with van der Waals surface area (Å²) in [5.74, 6) is -0.677. The lowest BCUT2D eigenvalue weighted by atomic mass is 9.85. The number of amidine groups is 1. The van der Waals surface area contributed by atoms with Crippen LogP contribution in [0.4, 0.5) is 0 Å². The monoisotopic (exact) mass is 344 g/mol. The number of hydrogen-bond acceptors (Lipinski definition) is 5. The minimum Gasteiger partial charge on any atom is -0.481 e. The molecule has 1 aromatic carbocycles. The van der Waals surface area contributed by atoms with Crippen molar-refractivity contribution in [3.05, 3.63) is 35.4 Å². The predicted molar refractivity (Wildman–Crippen MR) is 95.0 cm³/mol. The summed E-state index contributed by atoms with van der Waals surface area (Å²) < 4.78 is 0. The number of oxime groups is 1. The smallest absolute Gasteiger partial charge is 0.303 e. The molecule has 2 aliphatic rings. The summed E-state index contributed by atoms with van der Waals surface area (Å²) >= 11 is 0. The van der Waals surface area contributed by atoms with Crippen molar-refractivity contribution in [2.24, 2.45) is 10.9 Å². The summed E-state index contributed by atoms with van der Waals surface area (Å²) in [6, 6.07) is 7.52. The molecule has 0 saturated carbocycles. The van der Waals surface area contributed by atoms with Gasteiger partial charge in [0, 0.05) is 44.3 Å². The molecule has 0 atom stereocenters. The van der Waals surface area contributed by atoms with Gasteiger partial charge in [-0.2, -0.15) is 0 Å². The number of aliphatic carboxylic acids is 1. The number of nitrogens with two attached hydrogens (primary N) is 1. The summed E-state index contributed by atoms with van der Waals surface area (Å²) in [7, 11) is 0. The van der Waals surface area contributed by atoms with Crippen molar-refractivity contribution in [2.75, 3.05) is 19.6 Å². The Bertz CT molecular complexity index is 676. The van der Waals surface area contributed by atoms with Crippen molar-refractivity contribution >= 4 is 17.5 Å². The zero-order valence-corrected chi connectivity index (χ0v) is 14.2. The normalized spacial score (nSPS) is 19.4. The van der Waals surface area contributed by atoms with E-state index >= 15 is 0 Å². The average molecular weight is 344 g/mol. The van der Waals surface area contributed by atoms with Gasteiger partial charge in [0.2, 0.25) is 0 Å². The third kappa shape index (κ3) is 4.17. The fraction of sp³-hybridized carbons (Fsp3) is 0.500. The third-order valence-electron chi connectivity index (χ3n) is 5.00. The lowest BCUT2D eigenvalue weighted by Crippen LogP contribution is -2.44. The summed E-state index contributed by atoms with van der Waals surface area (Å²) in [5.41, 5.74) is 7.91. The van der Waals surface area contributed by atoms with E-state index in [0.29, 0.717) is 12.0 Å². The average Bonchev–Trinajstić information content (AvgIpc) is 3.00. The summed E-state index contributed by atoms with van der Waals surface area (Å²) in [6.45, 7) is 2.64. The Morgan fingerprint density at radius 3 is 2.60 bits per heavy atom. The van der Waals surface area contributed by atoms with Gasteiger partial charge in [-0.25, -0.2) is 0 Å². The van der Waals surface area contributed by atoms with Gasteiger partial charge in [-0.05, 0) is 18.5 Å². The van der Waals surface area contributed by atoms with Gasteiger partial charge in [0.15, 0.2) is 0 Å². The Hall–Kier alpha value is -2.41. The highest BCUT2D eigenvalue weighted by Crippen LogP contribution is 2.36. The largest absolute Gasteiger partial charge is 0.481 e. The zero-order chi connectivity index (χ0) is 17.9. The molecule has 1 fully saturated rings. The van der Waals surface area contributed by atoms with Crippen molar-refractivity contribution in [1.82, 2.24) is 4.90 Å². The SMILES string of the molecule is N=C(N)c1ccc(C2=NOC3(CCN(CCCC(=O)O)CC3)C2)cc1. The molecular weight excluding hydrogens is 320 g/mol. The molecule has 1 saturated heterocycles. The van der Waals surface area contributed by atoms with Crippen LogP contribution >= 0.6 is 0 Å². The van der Waals surface area contributed by atoms with Crippen LogP contribution in [0.2, 0.25) is 0 Å². The number of nitrogen functional groups attached to an aromatic ring is 1. The molecule has 134 valence electrons. The summed E-state index contributed by atoms with van der Waals surface area (Å²) in [4.78, 5) is 18.7. The summed E-state index contributed by atoms with van der Waals surface area (Å²) in [5, 5.41) is 20.5. The standard InChI is InChI=1S/C18H24N4O3/c19-17(20)14-5-3-13(4-6-14)15-12-18(25-21-15)7-10-22(11-8-18)9-1-2-16(23)24/h3-6H,1-2,7-12H2,(H3,19,20)(H,23,24). The lowest BCUT2D eigenvalue weighted by molar-refractivity contribution is -0.137. The molecule has 4 N–H and O–H groups in total. The highest BCUT2D eigenvalue weighted by Gasteiger charge is 2.42. The van der Waals surface area contributed by atoms with Crippen LogP contribution in [0.25, 0.3) is 0 Å². The van der Waals surface area contributed by atoms with Crippen molar-refractivity contribution in [3.63, 3.8) is 0 Å². The van der Waals surface area contributed by atoms with E-state index in [0.717, 1.165) is 50.2 Å². The molecule has 1 aromatic rings. The fourth-order valence-electron chi connectivity index (χ4n) is 3.42. The van der Waals surface area contributed by atoms with E-state index in [2.05, 4.69) is 10.1 Å². The number of nitrogens with zero attached hydrogens (tertiary/aromatic N) is 2. The number of nitrogens with one attached hydrogen (secondary N) is 1. The van der Waals surface area contributed by atoms with Gasteiger partial charge in [0.05, 0.1) is 5.71 Å². The quantitative estimate of drug-likeness (QED) is 0.538. The van der Waals surface area contributed by atoms with Gasteiger partial charge in [-0.3, -0.25) is 10.2 Å². The maximum atomic E-state index is 10.6. The van der Waals surface area contributed by atoms with Crippen molar-refractivity contribution in [3.8, 4) is 0 Å². The first kappa shape index (κ1) is 17.4. The van der Waals surface area contributed by atoms with Crippen LogP contribution in [-0.4, -0.2) is 52.8 Å². The van der Waals surface area contributed by atoms with Gasteiger partial charge < -0.3 is 20.6 Å². The van der Waals surface area contributed by atoms with Crippen LogP contribution in [0.15, 0.2) is 29.4 Å². The van der Waals surface area contributed by atoms with Crippen molar-refractivity contribution < 1.29 is 14.7 Å². The van der Waals surface area contributed by atoms with Crippen LogP contribution in [0.5, 0.6) is 0 Å². The number of likely N-dealkylation sites (tertiary alicyclic amines) is 1. The number of carboxylic acids is 1. The highest BCUT2D eigenvalue weighted by atomic mass is 16.7. The molecule has 7 heteroatoms. The first-order valence-electron chi connectivity index (χ1n) is 8.61. The van der Waals surface area contributed by atoms with Gasteiger partial charge in [0.1, 0.15) is 11.4 Å². The fourth-order valence-corrected chi connectivity index (χ4v) is 3.42. The third-order valence-corrected chi connectivity index (χ3v) is 5.00. The molecule has 2 heterocycles. The molecule has 0 aliphatic carbocycles. The molecule has 25 heavy (non-hydrogen) atoms. The molecule has 0 amide bonds. The molecule has 1 spiro atoms. The van der Waals surface area contributed by atoms with Gasteiger partial charge in [0.25, 0.3) is 0 Å². The number of carbonyl (C=O) groups is 1. The molecule has 0 radical (unpaired) electrons. The van der Waals surface area contributed by atoms with Crippen LogP contribution in [-0.2, 0) is 9.63 Å². The minimum absolute atomic E-state index is 0.0582. The van der Waals surface area contributed by atoms with Crippen LogP contribution < -0.4 is 5.73 Å². The van der Waals surface area contributed by atoms with E-state index in [1.807, 2.05) is 24.3 Å². The highest BCUT2D eigenvalue weighted by molar-refractivity contribution is 6.03. The van der Waals surface area contributed by atoms with E-state index in [9.17, 15) is 4.79 Å². The predicted octanol–water partition coefficient (Wildman–Crippen LogP) is 1.79. The van der Waals surface area contributed by atoms with Crippen molar-refractivity contribution in [1.29, 1.82) is 5.41 Å². The van der Waals surface area contributed by atoms with Gasteiger partial charge in [-0.15, -0.1) is 0 Å². The Morgan fingerprint density at radius 2 is 2.00 bits per heavy atom. The first-order valence-corrected chi connectivity index (χ1v) is 8.61. The number of hydrogen-bond donors (Lipinski definition) is 3. The summed E-state index contributed by atoms with van der Waals surface area (Å²) in [6.07, 6.45) is 3.50. The molecular formula is C18H24N4O3. The van der Waals surface area contributed by atoms with Crippen LogP contribution in [0, 0.1) is 5.41 Å². The van der Waals surface area contributed by atoms with Gasteiger partial charge >= 0.3 is 5.97 Å². The number of carboxylic acid groups (broad SMARTS) is 1. The second-order valence-electron chi connectivity index (χ2n) is 6.82. The van der Waals surface area contributed by atoms with Crippen LogP contribution in [0.1, 0.15) is 43.2 Å². The Balaban J connectivity index is 1.52. The molecule has 0 aromatic heterocycles. The second kappa shape index (κ2) is 7.23. The number of benzene rings is 1. The van der Waals surface area contributed by atoms with E-state index in [1.165, 1.54) is 0 Å². The van der Waals surface area contributed by atoms with Gasteiger partial charge in [-0.1, -0.05) is 29.4 Å². The van der Waals surface area contributed by atoms with E-state index in [-0.39, 0.29) is 17.9 Å². The van der Waals surface area contributed by atoms with E-state index < -0.39 is 5.97 Å². The van der Waals surface area contributed by atoms with E-state index in [4.69, 9.17) is 21.1 Å². The molecule has 0 bridgehead atoms. The Kier molecular flexibility index (Phi) is 5.03. The zero-order valence-electron chi connectivity index (χ0n) is 14.2. The van der Waals surface area contributed by atoms with Crippen molar-refractivity contribution in [2.45, 2.75) is 37.7 Å².